The third-order valence-corrected chi connectivity index (χ3v) is 7.24. The number of halogens is 1. The number of benzene rings is 3. The van der Waals surface area contributed by atoms with Gasteiger partial charge in [0.25, 0.3) is 0 Å². The molecule has 3 aromatic rings. The van der Waals surface area contributed by atoms with Crippen molar-refractivity contribution in [3.63, 3.8) is 0 Å². The van der Waals surface area contributed by atoms with Crippen LogP contribution in [-0.2, 0) is 32.0 Å². The minimum atomic E-state index is -0.959. The van der Waals surface area contributed by atoms with Crippen LogP contribution < -0.4 is 11.1 Å². The molecular formula is C32H34FN4O4. The molecule has 4 rings (SSSR count). The number of carbonyl (C=O) groups is 4. The van der Waals surface area contributed by atoms with Crippen molar-refractivity contribution in [3.05, 3.63) is 103 Å². The number of hydrogen-bond donors (Lipinski definition) is 2. The Morgan fingerprint density at radius 3 is 2.44 bits per heavy atom. The molecule has 41 heavy (non-hydrogen) atoms. The lowest BCUT2D eigenvalue weighted by Gasteiger charge is -2.43. The SMILES string of the molecule is C=CCNC(=O)[C@@H](Cc1ccc2ccccc2c1)N1CCN(C(=O)[CH]Cc2ccc(F)cc2)[C@@H](CCC(N)=O)C1=O. The summed E-state index contributed by atoms with van der Waals surface area (Å²) in [5.41, 5.74) is 7.02. The smallest absolute Gasteiger partial charge is 0.246 e. The molecule has 3 N–H and O–H groups in total. The van der Waals surface area contributed by atoms with E-state index in [0.29, 0.717) is 0 Å². The molecule has 3 aromatic carbocycles. The first-order valence-electron chi connectivity index (χ1n) is 13.6. The standard InChI is InChI=1S/C32H34FN4O4/c1-2-17-35-31(40)28(21-23-7-11-24-5-3-4-6-25(24)20-23)37-19-18-36(27(32(37)41)14-15-29(34)38)30(39)16-10-22-8-12-26(33)13-9-22/h2-9,11-13,16,20,27-28H,1,10,14-15,17-19,21H2,(H2,34,38)(H,35,40)/t27-,28+/m0/s1. The molecule has 213 valence electrons. The largest absolute Gasteiger partial charge is 0.370 e. The number of fused-ring (bicyclic) bond motifs is 1. The highest BCUT2D eigenvalue weighted by Crippen LogP contribution is 2.23. The molecule has 1 fully saturated rings. The molecule has 1 aliphatic rings. The summed E-state index contributed by atoms with van der Waals surface area (Å²) < 4.78 is 13.3. The zero-order chi connectivity index (χ0) is 29.4. The van der Waals surface area contributed by atoms with Crippen LogP contribution in [0.1, 0.15) is 24.0 Å². The zero-order valence-electron chi connectivity index (χ0n) is 22.8. The van der Waals surface area contributed by atoms with Gasteiger partial charge in [-0.05, 0) is 46.9 Å². The van der Waals surface area contributed by atoms with Crippen LogP contribution in [0.2, 0.25) is 0 Å². The van der Waals surface area contributed by atoms with Crippen molar-refractivity contribution in [1.82, 2.24) is 15.1 Å². The van der Waals surface area contributed by atoms with Crippen molar-refractivity contribution in [1.29, 1.82) is 0 Å². The van der Waals surface area contributed by atoms with Gasteiger partial charge >= 0.3 is 0 Å². The van der Waals surface area contributed by atoms with Crippen LogP contribution in [0.5, 0.6) is 0 Å². The van der Waals surface area contributed by atoms with Crippen molar-refractivity contribution in [2.45, 2.75) is 37.8 Å². The molecule has 1 heterocycles. The highest BCUT2D eigenvalue weighted by Gasteiger charge is 2.41. The zero-order valence-corrected chi connectivity index (χ0v) is 22.8. The number of nitrogens with one attached hydrogen (secondary N) is 1. The van der Waals surface area contributed by atoms with E-state index in [9.17, 15) is 23.6 Å². The molecule has 0 spiro atoms. The maximum Gasteiger partial charge on any atom is 0.246 e. The van der Waals surface area contributed by atoms with Crippen LogP contribution in [0.15, 0.2) is 79.4 Å². The van der Waals surface area contributed by atoms with Gasteiger partial charge in [0.15, 0.2) is 0 Å². The number of piperazine rings is 1. The van der Waals surface area contributed by atoms with Crippen LogP contribution in [0.4, 0.5) is 4.39 Å². The molecule has 0 bridgehead atoms. The van der Waals surface area contributed by atoms with Gasteiger partial charge in [-0.1, -0.05) is 60.7 Å². The molecule has 2 atom stereocenters. The third kappa shape index (κ3) is 7.57. The summed E-state index contributed by atoms with van der Waals surface area (Å²) in [5.74, 6) is -2.08. The van der Waals surface area contributed by atoms with Crippen LogP contribution in [0.25, 0.3) is 10.8 Å². The molecule has 1 saturated heterocycles. The van der Waals surface area contributed by atoms with Gasteiger partial charge in [-0.3, -0.25) is 19.2 Å². The number of nitrogens with zero attached hydrogens (tertiary/aromatic N) is 2. The number of hydrogen-bond acceptors (Lipinski definition) is 4. The summed E-state index contributed by atoms with van der Waals surface area (Å²) in [5, 5.41) is 4.90. The molecule has 0 unspecified atom stereocenters. The minimum Gasteiger partial charge on any atom is -0.370 e. The number of rotatable bonds is 12. The maximum absolute atomic E-state index is 13.9. The predicted octanol–water partition coefficient (Wildman–Crippen LogP) is 2.94. The van der Waals surface area contributed by atoms with Gasteiger partial charge in [0.2, 0.25) is 23.6 Å². The summed E-state index contributed by atoms with van der Waals surface area (Å²) in [6.07, 6.45) is 3.48. The Kier molecular flexibility index (Phi) is 9.84. The van der Waals surface area contributed by atoms with Crippen molar-refractivity contribution in [3.8, 4) is 0 Å². The highest BCUT2D eigenvalue weighted by molar-refractivity contribution is 5.95. The van der Waals surface area contributed by atoms with Crippen LogP contribution in [-0.4, -0.2) is 65.1 Å². The van der Waals surface area contributed by atoms with Gasteiger partial charge in [0.1, 0.15) is 17.9 Å². The van der Waals surface area contributed by atoms with Gasteiger partial charge in [-0.15, -0.1) is 6.58 Å². The summed E-state index contributed by atoms with van der Waals surface area (Å²) in [6.45, 7) is 4.22. The molecule has 0 saturated carbocycles. The van der Waals surface area contributed by atoms with E-state index < -0.39 is 23.9 Å². The van der Waals surface area contributed by atoms with Gasteiger partial charge < -0.3 is 20.9 Å². The molecule has 1 radical (unpaired) electrons. The van der Waals surface area contributed by atoms with E-state index in [4.69, 9.17) is 5.73 Å². The quantitative estimate of drug-likeness (QED) is 0.334. The fourth-order valence-corrected chi connectivity index (χ4v) is 5.10. The van der Waals surface area contributed by atoms with Crippen molar-refractivity contribution < 1.29 is 23.6 Å². The molecule has 4 amide bonds. The molecule has 0 aromatic heterocycles. The topological polar surface area (TPSA) is 113 Å². The summed E-state index contributed by atoms with van der Waals surface area (Å²) in [4.78, 5) is 55.1. The molecular weight excluding hydrogens is 523 g/mol. The predicted molar refractivity (Wildman–Crippen MR) is 155 cm³/mol. The first-order chi connectivity index (χ1) is 19.8. The number of carbonyl (C=O) groups excluding carboxylic acids is 4. The number of amides is 4. The van der Waals surface area contributed by atoms with E-state index in [1.165, 1.54) is 28.4 Å². The van der Waals surface area contributed by atoms with Gasteiger partial charge in [-0.2, -0.15) is 0 Å². The lowest BCUT2D eigenvalue weighted by atomic mass is 9.97. The van der Waals surface area contributed by atoms with E-state index in [0.717, 1.165) is 21.9 Å². The molecule has 8 nitrogen and oxygen atoms in total. The van der Waals surface area contributed by atoms with Gasteiger partial charge in [0, 0.05) is 32.5 Å². The Balaban J connectivity index is 1.56. The van der Waals surface area contributed by atoms with Crippen LogP contribution in [0.3, 0.4) is 0 Å². The summed E-state index contributed by atoms with van der Waals surface area (Å²) in [7, 11) is 0. The molecule has 0 aliphatic carbocycles. The second-order valence-electron chi connectivity index (χ2n) is 10.1. The van der Waals surface area contributed by atoms with Gasteiger partial charge in [0.05, 0.1) is 6.42 Å². The Morgan fingerprint density at radius 2 is 1.73 bits per heavy atom. The molecule has 9 heteroatoms. The Hall–Kier alpha value is -4.53. The van der Waals surface area contributed by atoms with Crippen molar-refractivity contribution >= 4 is 34.4 Å². The average Bonchev–Trinajstić information content (AvgIpc) is 2.97. The van der Waals surface area contributed by atoms with E-state index in [-0.39, 0.29) is 62.9 Å². The second kappa shape index (κ2) is 13.7. The highest BCUT2D eigenvalue weighted by atomic mass is 19.1. The Morgan fingerprint density at radius 1 is 1.02 bits per heavy atom. The van der Waals surface area contributed by atoms with E-state index in [2.05, 4.69) is 11.9 Å². The minimum absolute atomic E-state index is 0.0395. The lowest BCUT2D eigenvalue weighted by molar-refractivity contribution is -0.155. The second-order valence-corrected chi connectivity index (χ2v) is 10.1. The lowest BCUT2D eigenvalue weighted by Crippen LogP contribution is -2.63. The fourth-order valence-electron chi connectivity index (χ4n) is 5.10. The summed E-state index contributed by atoms with van der Waals surface area (Å²) in [6, 6.07) is 17.8. The molecule has 1 aliphatic heterocycles. The van der Waals surface area contributed by atoms with Crippen LogP contribution >= 0.6 is 0 Å². The fraction of sp³-hybridized carbons (Fsp3) is 0.281. The monoisotopic (exact) mass is 557 g/mol. The Bertz CT molecular complexity index is 1420. The van der Waals surface area contributed by atoms with Crippen molar-refractivity contribution in [2.24, 2.45) is 5.73 Å². The van der Waals surface area contributed by atoms with Crippen LogP contribution in [0, 0.1) is 12.2 Å². The number of nitrogens with two attached hydrogens (primary N) is 1. The first kappa shape index (κ1) is 29.5. The van der Waals surface area contributed by atoms with E-state index in [1.807, 2.05) is 42.5 Å². The third-order valence-electron chi connectivity index (χ3n) is 7.24. The first-order valence-corrected chi connectivity index (χ1v) is 13.6. The van der Waals surface area contributed by atoms with Gasteiger partial charge in [-0.25, -0.2) is 4.39 Å². The average molecular weight is 558 g/mol. The normalized spacial score (nSPS) is 15.9. The van der Waals surface area contributed by atoms with E-state index in [1.54, 1.807) is 18.2 Å². The van der Waals surface area contributed by atoms with Crippen molar-refractivity contribution in [2.75, 3.05) is 19.6 Å². The number of primary amides is 1. The summed E-state index contributed by atoms with van der Waals surface area (Å²) >= 11 is 0. The maximum atomic E-state index is 13.9. The van der Waals surface area contributed by atoms with E-state index >= 15 is 0 Å². The Labute approximate surface area is 239 Å².